The second kappa shape index (κ2) is 4.39. The maximum atomic E-state index is 11.4. The topological polar surface area (TPSA) is 49.4 Å². The van der Waals surface area contributed by atoms with E-state index in [0.717, 1.165) is 26.2 Å². The lowest BCUT2D eigenvalue weighted by atomic mass is 10.3. The van der Waals surface area contributed by atoms with Crippen molar-refractivity contribution in [1.82, 2.24) is 10.2 Å². The molecule has 0 aliphatic carbocycles. The van der Waals surface area contributed by atoms with E-state index in [2.05, 4.69) is 5.32 Å². The van der Waals surface area contributed by atoms with E-state index in [-0.39, 0.29) is 5.37 Å². The molecule has 1 aliphatic rings. The molecule has 0 radical (unpaired) electrons. The summed E-state index contributed by atoms with van der Waals surface area (Å²) in [5, 5.41) is 2.93. The molecule has 1 unspecified atom stereocenters. The van der Waals surface area contributed by atoms with Crippen molar-refractivity contribution in [1.29, 1.82) is 0 Å². The molecule has 5 heteroatoms. The molecule has 1 saturated heterocycles. The van der Waals surface area contributed by atoms with Crippen LogP contribution in [0.2, 0.25) is 0 Å². The van der Waals surface area contributed by atoms with Crippen LogP contribution in [0.25, 0.3) is 0 Å². The fourth-order valence-electron chi connectivity index (χ4n) is 1.80. The summed E-state index contributed by atoms with van der Waals surface area (Å²) >= 11 is 0. The first kappa shape index (κ1) is 10.9. The third-order valence-electron chi connectivity index (χ3n) is 2.40. The van der Waals surface area contributed by atoms with E-state index < -0.39 is 9.84 Å². The van der Waals surface area contributed by atoms with E-state index in [9.17, 15) is 8.42 Å². The van der Waals surface area contributed by atoms with Gasteiger partial charge in [-0.3, -0.25) is 4.90 Å². The molecule has 0 amide bonds. The average molecular weight is 206 g/mol. The lowest BCUT2D eigenvalue weighted by molar-refractivity contribution is 0.214. The minimum Gasteiger partial charge on any atom is -0.314 e. The average Bonchev–Trinajstić information content (AvgIpc) is 2.05. The van der Waals surface area contributed by atoms with Crippen LogP contribution >= 0.6 is 0 Å². The SMILES string of the molecule is CCC(N1CCNCC1)S(C)(=O)=O. The van der Waals surface area contributed by atoms with Gasteiger partial charge in [0.1, 0.15) is 5.37 Å². The predicted octanol–water partition coefficient (Wildman–Crippen LogP) is -0.328. The van der Waals surface area contributed by atoms with Crippen LogP contribution in [0, 0.1) is 0 Å². The lowest BCUT2D eigenvalue weighted by Crippen LogP contribution is -2.50. The van der Waals surface area contributed by atoms with Crippen molar-refractivity contribution in [3.05, 3.63) is 0 Å². The van der Waals surface area contributed by atoms with Crippen molar-refractivity contribution in [3.8, 4) is 0 Å². The summed E-state index contributed by atoms with van der Waals surface area (Å²) in [4.78, 5) is 2.05. The van der Waals surface area contributed by atoms with Crippen LogP contribution in [-0.2, 0) is 9.84 Å². The number of piperazine rings is 1. The minimum absolute atomic E-state index is 0.283. The lowest BCUT2D eigenvalue weighted by Gasteiger charge is -2.33. The van der Waals surface area contributed by atoms with Crippen molar-refractivity contribution >= 4 is 9.84 Å². The number of hydrogen-bond donors (Lipinski definition) is 1. The van der Waals surface area contributed by atoms with Crippen LogP contribution in [0.1, 0.15) is 13.3 Å². The molecule has 0 spiro atoms. The van der Waals surface area contributed by atoms with Gasteiger partial charge in [-0.05, 0) is 6.42 Å². The number of nitrogens with zero attached hydrogens (tertiary/aromatic N) is 1. The maximum absolute atomic E-state index is 11.4. The van der Waals surface area contributed by atoms with Gasteiger partial charge in [-0.25, -0.2) is 8.42 Å². The molecular formula is C8H18N2O2S. The van der Waals surface area contributed by atoms with Gasteiger partial charge in [0.05, 0.1) is 0 Å². The van der Waals surface area contributed by atoms with Crippen LogP contribution in [-0.4, -0.2) is 51.1 Å². The second-order valence-corrected chi connectivity index (χ2v) is 5.68. The van der Waals surface area contributed by atoms with E-state index in [1.165, 1.54) is 6.26 Å². The quantitative estimate of drug-likeness (QED) is 0.687. The summed E-state index contributed by atoms with van der Waals surface area (Å²) in [7, 11) is -2.92. The van der Waals surface area contributed by atoms with Gasteiger partial charge < -0.3 is 5.32 Å². The van der Waals surface area contributed by atoms with Crippen LogP contribution < -0.4 is 5.32 Å². The Kier molecular flexibility index (Phi) is 3.70. The Morgan fingerprint density at radius 3 is 2.31 bits per heavy atom. The molecule has 0 aromatic heterocycles. The van der Waals surface area contributed by atoms with Crippen LogP contribution in [0.4, 0.5) is 0 Å². The minimum atomic E-state index is -2.92. The first-order valence-electron chi connectivity index (χ1n) is 4.69. The van der Waals surface area contributed by atoms with Crippen LogP contribution in [0.15, 0.2) is 0 Å². The molecule has 1 N–H and O–H groups in total. The van der Waals surface area contributed by atoms with Crippen molar-refractivity contribution in [3.63, 3.8) is 0 Å². The van der Waals surface area contributed by atoms with Gasteiger partial charge >= 0.3 is 0 Å². The maximum Gasteiger partial charge on any atom is 0.163 e. The van der Waals surface area contributed by atoms with Gasteiger partial charge in [0.15, 0.2) is 9.84 Å². The largest absolute Gasteiger partial charge is 0.314 e. The highest BCUT2D eigenvalue weighted by Crippen LogP contribution is 2.11. The molecule has 13 heavy (non-hydrogen) atoms. The summed E-state index contributed by atoms with van der Waals surface area (Å²) in [6, 6.07) is 0. The molecule has 1 rings (SSSR count). The van der Waals surface area contributed by atoms with Gasteiger partial charge in [0, 0.05) is 32.4 Å². The normalized spacial score (nSPS) is 22.9. The van der Waals surface area contributed by atoms with Crippen LogP contribution in [0.5, 0.6) is 0 Å². The van der Waals surface area contributed by atoms with E-state index in [0.29, 0.717) is 6.42 Å². The Morgan fingerprint density at radius 2 is 1.92 bits per heavy atom. The highest BCUT2D eigenvalue weighted by atomic mass is 32.2. The van der Waals surface area contributed by atoms with Crippen LogP contribution in [0.3, 0.4) is 0 Å². The number of sulfone groups is 1. The molecule has 4 nitrogen and oxygen atoms in total. The third-order valence-corrected chi connectivity index (χ3v) is 4.02. The molecule has 0 saturated carbocycles. The molecule has 1 fully saturated rings. The van der Waals surface area contributed by atoms with E-state index in [1.54, 1.807) is 0 Å². The smallest absolute Gasteiger partial charge is 0.163 e. The van der Waals surface area contributed by atoms with Gasteiger partial charge in [0.25, 0.3) is 0 Å². The molecule has 1 atom stereocenters. The Labute approximate surface area is 80.2 Å². The van der Waals surface area contributed by atoms with Crippen molar-refractivity contribution in [2.45, 2.75) is 18.7 Å². The zero-order valence-electron chi connectivity index (χ0n) is 8.28. The Morgan fingerprint density at radius 1 is 1.38 bits per heavy atom. The van der Waals surface area contributed by atoms with Crippen molar-refractivity contribution in [2.24, 2.45) is 0 Å². The standard InChI is InChI=1S/C8H18N2O2S/c1-3-8(13(2,11)12)10-6-4-9-5-7-10/h8-9H,3-7H2,1-2H3. The first-order chi connectivity index (χ1) is 6.05. The molecule has 0 aromatic rings. The van der Waals surface area contributed by atoms with Gasteiger partial charge in [-0.1, -0.05) is 6.92 Å². The molecular weight excluding hydrogens is 188 g/mol. The van der Waals surface area contributed by atoms with Gasteiger partial charge in [0.2, 0.25) is 0 Å². The van der Waals surface area contributed by atoms with Gasteiger partial charge in [-0.2, -0.15) is 0 Å². The zero-order chi connectivity index (χ0) is 9.90. The van der Waals surface area contributed by atoms with E-state index in [1.807, 2.05) is 11.8 Å². The summed E-state index contributed by atoms with van der Waals surface area (Å²) in [6.45, 7) is 5.39. The Balaban J connectivity index is 2.65. The van der Waals surface area contributed by atoms with Crippen molar-refractivity contribution in [2.75, 3.05) is 32.4 Å². The van der Waals surface area contributed by atoms with E-state index in [4.69, 9.17) is 0 Å². The number of nitrogens with one attached hydrogen (secondary N) is 1. The van der Waals surface area contributed by atoms with E-state index >= 15 is 0 Å². The Hall–Kier alpha value is -0.130. The summed E-state index contributed by atoms with van der Waals surface area (Å²) in [5.41, 5.74) is 0. The van der Waals surface area contributed by atoms with Crippen molar-refractivity contribution < 1.29 is 8.42 Å². The second-order valence-electron chi connectivity index (χ2n) is 3.48. The fourth-order valence-corrected chi connectivity index (χ4v) is 3.16. The molecule has 78 valence electrons. The summed E-state index contributed by atoms with van der Waals surface area (Å²) < 4.78 is 22.8. The monoisotopic (exact) mass is 206 g/mol. The summed E-state index contributed by atoms with van der Waals surface area (Å²) in [6.07, 6.45) is 2.00. The molecule has 1 aliphatic heterocycles. The molecule has 1 heterocycles. The Bertz CT molecular complexity index is 245. The zero-order valence-corrected chi connectivity index (χ0v) is 9.10. The predicted molar refractivity (Wildman–Crippen MR) is 53.4 cm³/mol. The number of rotatable bonds is 3. The number of hydrogen-bond acceptors (Lipinski definition) is 4. The fraction of sp³-hybridized carbons (Fsp3) is 1.00. The third kappa shape index (κ3) is 2.93. The molecule has 0 aromatic carbocycles. The molecule has 0 bridgehead atoms. The van der Waals surface area contributed by atoms with Gasteiger partial charge in [-0.15, -0.1) is 0 Å². The highest BCUT2D eigenvalue weighted by Gasteiger charge is 2.26. The summed E-state index contributed by atoms with van der Waals surface area (Å²) in [5.74, 6) is 0. The first-order valence-corrected chi connectivity index (χ1v) is 6.64. The highest BCUT2D eigenvalue weighted by molar-refractivity contribution is 7.91.